The maximum atomic E-state index is 6.48. The second-order valence-electron chi connectivity index (χ2n) is 29.8. The van der Waals surface area contributed by atoms with Crippen LogP contribution in [-0.4, -0.2) is 18.3 Å². The number of thiophene rings is 1. The number of rotatable bonds is 10. The zero-order valence-corrected chi connectivity index (χ0v) is 62.7. The Bertz CT molecular complexity index is 7960. The molecule has 0 saturated heterocycles. The maximum Gasteiger partial charge on any atom is 0.143 e. The average molecular weight is 1470 g/mol. The van der Waals surface area contributed by atoms with Crippen molar-refractivity contribution in [1.29, 1.82) is 0 Å². The minimum Gasteiger partial charge on any atom is -0.455 e. The predicted molar refractivity (Wildman–Crippen MR) is 483 cm³/mol. The van der Waals surface area contributed by atoms with E-state index in [2.05, 4.69) is 419 Å². The van der Waals surface area contributed by atoms with E-state index in [0.29, 0.717) is 0 Å². The molecule has 0 aliphatic rings. The van der Waals surface area contributed by atoms with Gasteiger partial charge in [0.15, 0.2) is 0 Å². The van der Waals surface area contributed by atoms with Crippen molar-refractivity contribution in [3.63, 3.8) is 0 Å². The molecule has 0 N–H and O–H groups in total. The fourth-order valence-corrected chi connectivity index (χ4v) is 19.4. The molecule has 0 aliphatic carbocycles. The molecule has 0 spiro atoms. The van der Waals surface area contributed by atoms with Crippen molar-refractivity contribution in [3.8, 4) is 89.5 Å². The minimum atomic E-state index is 0.909. The molecule has 0 atom stereocenters. The minimum absolute atomic E-state index is 0.909. The van der Waals surface area contributed by atoms with Gasteiger partial charge >= 0.3 is 0 Å². The average Bonchev–Trinajstić information content (AvgIpc) is 1.53. The molecule has 0 unspecified atom stereocenters. The van der Waals surface area contributed by atoms with E-state index in [-0.39, 0.29) is 0 Å². The lowest BCUT2D eigenvalue weighted by molar-refractivity contribution is 0.670. The Labute approximate surface area is 660 Å². The molecule has 6 heterocycles. The van der Waals surface area contributed by atoms with Gasteiger partial charge in [-0.3, -0.25) is 0 Å². The van der Waals surface area contributed by atoms with Crippen LogP contribution in [0.1, 0.15) is 0 Å². The zero-order chi connectivity index (χ0) is 74.9. The smallest absolute Gasteiger partial charge is 0.143 e. The molecule has 0 saturated carbocycles. The summed E-state index contributed by atoms with van der Waals surface area (Å²) in [4.78, 5) is 0. The second-order valence-corrected chi connectivity index (χ2v) is 30.9. The Kier molecular flexibility index (Phi) is 15.1. The third-order valence-corrected chi connectivity index (χ3v) is 24.6. The van der Waals surface area contributed by atoms with Crippen molar-refractivity contribution in [1.82, 2.24) is 18.3 Å². The lowest BCUT2D eigenvalue weighted by Gasteiger charge is -2.10. The normalized spacial score (nSPS) is 11.9. The van der Waals surface area contributed by atoms with Crippen LogP contribution < -0.4 is 0 Å². The number of nitrogens with zero attached hydrogens (tertiary/aromatic N) is 4. The number of para-hydroxylation sites is 8. The van der Waals surface area contributed by atoms with Crippen molar-refractivity contribution in [2.45, 2.75) is 0 Å². The molecule has 0 fully saturated rings. The Morgan fingerprint density at radius 2 is 0.491 bits per heavy atom. The topological polar surface area (TPSA) is 32.9 Å². The Morgan fingerprint density at radius 1 is 0.175 bits per heavy atom. The highest BCUT2D eigenvalue weighted by atomic mass is 32.1. The SMILES string of the molecule is c1ccc(-n2c3ccccc3c3cc(-c4cccc(-c5ccc6c(c5)c5cc(-c7cccc8c7sc7ccccc78)ccc5n6-c5ccccc5)c4)ccc32)cc1.c1ccc(-n2c3ccccc3c3cc(-c4cccc(-c5ccc6c(c5)c5ccc(-c7cccc8c7oc7ccccc78)cc5n6-c5ccccc5)c4)ccc32)cc1. The number of furan rings is 1. The van der Waals surface area contributed by atoms with E-state index < -0.39 is 0 Å². The van der Waals surface area contributed by atoms with Crippen LogP contribution >= 0.6 is 11.3 Å². The summed E-state index contributed by atoms with van der Waals surface area (Å²) in [5, 5.41) is 14.9. The molecule has 24 aromatic rings. The van der Waals surface area contributed by atoms with E-state index in [1.165, 1.54) is 169 Å². The highest BCUT2D eigenvalue weighted by molar-refractivity contribution is 7.26. The summed E-state index contributed by atoms with van der Waals surface area (Å²) in [6, 6.07) is 150. The first-order valence-corrected chi connectivity index (χ1v) is 39.8. The third kappa shape index (κ3) is 10.6. The quantitative estimate of drug-likeness (QED) is 0.134. The van der Waals surface area contributed by atoms with Gasteiger partial charge in [0.05, 0.1) is 44.1 Å². The molecular formula is C108H68N4OS. The highest BCUT2D eigenvalue weighted by Crippen LogP contribution is 2.46. The molecule has 532 valence electrons. The Balaban J connectivity index is 0.000000135. The Hall–Kier alpha value is -14.8. The first-order chi connectivity index (χ1) is 56.5. The first-order valence-electron chi connectivity index (χ1n) is 39.0. The fourth-order valence-electron chi connectivity index (χ4n) is 18.2. The van der Waals surface area contributed by atoms with Gasteiger partial charge in [0.2, 0.25) is 0 Å². The number of aromatic nitrogens is 4. The van der Waals surface area contributed by atoms with Gasteiger partial charge in [-0.05, 0) is 213 Å². The lowest BCUT2D eigenvalue weighted by atomic mass is 9.96. The van der Waals surface area contributed by atoms with Gasteiger partial charge < -0.3 is 22.7 Å². The molecule has 0 bridgehead atoms. The number of hydrogen-bond donors (Lipinski definition) is 0. The summed E-state index contributed by atoms with van der Waals surface area (Å²) in [6.45, 7) is 0. The van der Waals surface area contributed by atoms with Crippen molar-refractivity contribution in [2.24, 2.45) is 0 Å². The van der Waals surface area contributed by atoms with Crippen LogP contribution in [0.2, 0.25) is 0 Å². The molecule has 114 heavy (non-hydrogen) atoms. The largest absolute Gasteiger partial charge is 0.455 e. The van der Waals surface area contributed by atoms with Crippen LogP contribution in [0.15, 0.2) is 417 Å². The lowest BCUT2D eigenvalue weighted by Crippen LogP contribution is -1.93. The van der Waals surface area contributed by atoms with Crippen molar-refractivity contribution in [2.75, 3.05) is 0 Å². The third-order valence-electron chi connectivity index (χ3n) is 23.4. The van der Waals surface area contributed by atoms with Gasteiger partial charge in [-0.25, -0.2) is 0 Å². The highest BCUT2D eigenvalue weighted by Gasteiger charge is 2.22. The molecule has 0 amide bonds. The van der Waals surface area contributed by atoms with Crippen LogP contribution in [-0.2, 0) is 0 Å². The molecular weight excluding hydrogens is 1400 g/mol. The van der Waals surface area contributed by atoms with Crippen LogP contribution in [0.5, 0.6) is 0 Å². The van der Waals surface area contributed by atoms with E-state index >= 15 is 0 Å². The molecule has 6 heteroatoms. The van der Waals surface area contributed by atoms with Crippen LogP contribution in [0.3, 0.4) is 0 Å². The zero-order valence-electron chi connectivity index (χ0n) is 61.9. The molecule has 5 nitrogen and oxygen atoms in total. The first kappa shape index (κ1) is 65.1. The van der Waals surface area contributed by atoms with Gasteiger partial charge in [0.25, 0.3) is 0 Å². The van der Waals surface area contributed by atoms with Crippen molar-refractivity contribution < 1.29 is 4.42 Å². The van der Waals surface area contributed by atoms with Gasteiger partial charge in [-0.1, -0.05) is 261 Å². The molecule has 0 radical (unpaired) electrons. The van der Waals surface area contributed by atoms with E-state index in [1.54, 1.807) is 0 Å². The predicted octanol–water partition coefficient (Wildman–Crippen LogP) is 30.0. The van der Waals surface area contributed by atoms with Gasteiger partial charge in [0, 0.05) is 102 Å². The number of hydrogen-bond acceptors (Lipinski definition) is 2. The summed E-state index contributed by atoms with van der Waals surface area (Å²) in [6.07, 6.45) is 0. The van der Waals surface area contributed by atoms with Crippen LogP contribution in [0.4, 0.5) is 0 Å². The molecule has 18 aromatic carbocycles. The Morgan fingerprint density at radius 3 is 0.974 bits per heavy atom. The number of benzene rings is 18. The summed E-state index contributed by atoms with van der Waals surface area (Å²) >= 11 is 1.89. The summed E-state index contributed by atoms with van der Waals surface area (Å²) in [5.74, 6) is 0. The van der Waals surface area contributed by atoms with E-state index in [9.17, 15) is 0 Å². The van der Waals surface area contributed by atoms with Crippen molar-refractivity contribution >= 4 is 141 Å². The van der Waals surface area contributed by atoms with Crippen molar-refractivity contribution in [3.05, 3.63) is 413 Å². The van der Waals surface area contributed by atoms with Crippen LogP contribution in [0.25, 0.3) is 219 Å². The number of fused-ring (bicyclic) bond motifs is 18. The summed E-state index contributed by atoms with van der Waals surface area (Å²) < 4.78 is 18.7. The maximum absolute atomic E-state index is 6.48. The van der Waals surface area contributed by atoms with Gasteiger partial charge in [0.1, 0.15) is 11.2 Å². The second kappa shape index (κ2) is 26.5. The van der Waals surface area contributed by atoms with E-state index in [0.717, 1.165) is 50.0 Å². The summed E-state index contributed by atoms with van der Waals surface area (Å²) in [5.41, 5.74) is 30.4. The molecule has 24 rings (SSSR count). The molecule has 0 aliphatic heterocycles. The monoisotopic (exact) mass is 1470 g/mol. The van der Waals surface area contributed by atoms with Gasteiger partial charge in [-0.2, -0.15) is 0 Å². The van der Waals surface area contributed by atoms with Crippen LogP contribution in [0, 0.1) is 0 Å². The van der Waals surface area contributed by atoms with E-state index in [4.69, 9.17) is 4.42 Å². The fraction of sp³-hybridized carbons (Fsp3) is 0. The standard InChI is InChI=1S/C54H34N2O.C54H34N2S/c1-3-15-40(16-4-1)55-49-23-9-7-19-43(49)47-32-37(26-29-50(47)55)35-13-11-14-36(31-35)38-27-30-51-48(33-38)44-28-25-39(34-52(44)56(51)41-17-5-2-6-18-41)42-21-12-22-46-45-20-8-10-24-53(45)57-54(42)46;1-3-15-40(16-4-1)55-49-23-9-7-19-43(49)46-32-37(25-28-50(46)55)35-13-11-14-36(31-35)38-26-29-51-47(33-38)48-34-39(27-30-52(48)56(51)41-17-5-2-6-18-41)42-21-12-22-45-44-20-8-10-24-53(44)57-54(42)45/h2*1-34H. The summed E-state index contributed by atoms with van der Waals surface area (Å²) in [7, 11) is 0. The molecule has 6 aromatic heterocycles. The van der Waals surface area contributed by atoms with Gasteiger partial charge in [-0.15, -0.1) is 11.3 Å². The van der Waals surface area contributed by atoms with E-state index in [1.807, 2.05) is 23.5 Å².